The Morgan fingerprint density at radius 3 is 2.77 bits per heavy atom. The number of hydrogen-bond donors (Lipinski definition) is 2. The standard InChI is InChI=1S/C10H14N2O/c1-8-3-4-9(11-2)10(7-8)12-5-6-13/h3-4,6-7,11-12H,5H2,1-2H3. The third-order valence-electron chi connectivity index (χ3n) is 1.82. The van der Waals surface area contributed by atoms with E-state index >= 15 is 0 Å². The molecule has 70 valence electrons. The van der Waals surface area contributed by atoms with Gasteiger partial charge in [0, 0.05) is 7.05 Å². The topological polar surface area (TPSA) is 41.1 Å². The van der Waals surface area contributed by atoms with Crippen molar-refractivity contribution in [2.75, 3.05) is 24.2 Å². The van der Waals surface area contributed by atoms with E-state index in [4.69, 9.17) is 0 Å². The van der Waals surface area contributed by atoms with Gasteiger partial charge in [-0.05, 0) is 24.6 Å². The van der Waals surface area contributed by atoms with Crippen LogP contribution in [0.3, 0.4) is 0 Å². The summed E-state index contributed by atoms with van der Waals surface area (Å²) in [5, 5.41) is 6.08. The van der Waals surface area contributed by atoms with Crippen molar-refractivity contribution in [1.82, 2.24) is 0 Å². The predicted octanol–water partition coefficient (Wildman–Crippen LogP) is 1.65. The van der Waals surface area contributed by atoms with Gasteiger partial charge in [-0.2, -0.15) is 0 Å². The van der Waals surface area contributed by atoms with Gasteiger partial charge >= 0.3 is 0 Å². The summed E-state index contributed by atoms with van der Waals surface area (Å²) in [4.78, 5) is 10.2. The van der Waals surface area contributed by atoms with Crippen molar-refractivity contribution in [1.29, 1.82) is 0 Å². The Bertz CT molecular complexity index is 297. The second-order valence-electron chi connectivity index (χ2n) is 2.85. The molecule has 0 unspecified atom stereocenters. The highest BCUT2D eigenvalue weighted by Gasteiger charge is 1.98. The van der Waals surface area contributed by atoms with Crippen LogP contribution in [0.5, 0.6) is 0 Å². The molecular weight excluding hydrogens is 164 g/mol. The van der Waals surface area contributed by atoms with E-state index < -0.39 is 0 Å². The summed E-state index contributed by atoms with van der Waals surface area (Å²) in [6.45, 7) is 2.36. The van der Waals surface area contributed by atoms with E-state index in [2.05, 4.69) is 10.6 Å². The zero-order valence-electron chi connectivity index (χ0n) is 7.92. The van der Waals surface area contributed by atoms with Gasteiger partial charge in [-0.1, -0.05) is 6.07 Å². The minimum absolute atomic E-state index is 0.345. The predicted molar refractivity (Wildman–Crippen MR) is 55.3 cm³/mol. The van der Waals surface area contributed by atoms with Gasteiger partial charge in [0.15, 0.2) is 0 Å². The van der Waals surface area contributed by atoms with E-state index in [0.717, 1.165) is 17.7 Å². The lowest BCUT2D eigenvalue weighted by Crippen LogP contribution is -2.05. The van der Waals surface area contributed by atoms with Crippen molar-refractivity contribution in [3.8, 4) is 0 Å². The highest BCUT2D eigenvalue weighted by molar-refractivity contribution is 5.72. The number of anilines is 2. The lowest BCUT2D eigenvalue weighted by molar-refractivity contribution is -0.106. The van der Waals surface area contributed by atoms with Crippen molar-refractivity contribution in [3.63, 3.8) is 0 Å². The maximum atomic E-state index is 10.2. The lowest BCUT2D eigenvalue weighted by atomic mass is 10.2. The molecule has 0 aromatic heterocycles. The van der Waals surface area contributed by atoms with E-state index in [-0.39, 0.29) is 0 Å². The normalized spacial score (nSPS) is 9.38. The molecule has 0 saturated heterocycles. The zero-order chi connectivity index (χ0) is 9.68. The average molecular weight is 178 g/mol. The van der Waals surface area contributed by atoms with Crippen LogP contribution < -0.4 is 10.6 Å². The maximum absolute atomic E-state index is 10.2. The first-order chi connectivity index (χ1) is 6.27. The second-order valence-corrected chi connectivity index (χ2v) is 2.85. The van der Waals surface area contributed by atoms with Gasteiger partial charge < -0.3 is 15.4 Å². The SMILES string of the molecule is CNc1ccc(C)cc1NCC=O. The van der Waals surface area contributed by atoms with Gasteiger partial charge in [-0.25, -0.2) is 0 Å². The van der Waals surface area contributed by atoms with E-state index in [1.807, 2.05) is 32.2 Å². The van der Waals surface area contributed by atoms with Gasteiger partial charge in [0.1, 0.15) is 6.29 Å². The van der Waals surface area contributed by atoms with Crippen LogP contribution in [0.1, 0.15) is 5.56 Å². The summed E-state index contributed by atoms with van der Waals surface area (Å²) in [6.07, 6.45) is 0.849. The Balaban J connectivity index is 2.87. The third kappa shape index (κ3) is 2.47. The van der Waals surface area contributed by atoms with Crippen molar-refractivity contribution in [2.45, 2.75) is 6.92 Å². The molecule has 0 fully saturated rings. The molecule has 0 amide bonds. The molecule has 1 aromatic carbocycles. The average Bonchev–Trinajstić information content (AvgIpc) is 2.15. The van der Waals surface area contributed by atoms with Crippen molar-refractivity contribution in [3.05, 3.63) is 23.8 Å². The van der Waals surface area contributed by atoms with Crippen LogP contribution in [0.4, 0.5) is 11.4 Å². The maximum Gasteiger partial charge on any atom is 0.139 e. The molecule has 0 heterocycles. The van der Waals surface area contributed by atoms with Gasteiger partial charge in [0.25, 0.3) is 0 Å². The van der Waals surface area contributed by atoms with Gasteiger partial charge in [0.05, 0.1) is 17.9 Å². The first-order valence-corrected chi connectivity index (χ1v) is 4.24. The molecule has 0 bridgehead atoms. The Hall–Kier alpha value is -1.51. The fourth-order valence-corrected chi connectivity index (χ4v) is 1.17. The van der Waals surface area contributed by atoms with Crippen molar-refractivity contribution >= 4 is 17.7 Å². The largest absolute Gasteiger partial charge is 0.386 e. The van der Waals surface area contributed by atoms with Crippen LogP contribution in [-0.4, -0.2) is 19.9 Å². The number of rotatable bonds is 4. The van der Waals surface area contributed by atoms with Gasteiger partial charge in [0.2, 0.25) is 0 Å². The number of aryl methyl sites for hydroxylation is 1. The van der Waals surface area contributed by atoms with Gasteiger partial charge in [-0.3, -0.25) is 0 Å². The Labute approximate surface area is 78.2 Å². The smallest absolute Gasteiger partial charge is 0.139 e. The lowest BCUT2D eigenvalue weighted by Gasteiger charge is -2.10. The molecule has 2 N–H and O–H groups in total. The van der Waals surface area contributed by atoms with Crippen LogP contribution in [0.2, 0.25) is 0 Å². The number of carbonyl (C=O) groups excluding carboxylic acids is 1. The number of aldehydes is 1. The fourth-order valence-electron chi connectivity index (χ4n) is 1.17. The van der Waals surface area contributed by atoms with Crippen LogP contribution >= 0.6 is 0 Å². The van der Waals surface area contributed by atoms with Crippen LogP contribution in [0, 0.1) is 6.92 Å². The molecule has 0 saturated carbocycles. The minimum Gasteiger partial charge on any atom is -0.386 e. The highest BCUT2D eigenvalue weighted by Crippen LogP contribution is 2.21. The monoisotopic (exact) mass is 178 g/mol. The molecule has 0 atom stereocenters. The first-order valence-electron chi connectivity index (χ1n) is 4.24. The molecular formula is C10H14N2O. The van der Waals surface area contributed by atoms with E-state index in [9.17, 15) is 4.79 Å². The second kappa shape index (κ2) is 4.50. The molecule has 0 aliphatic carbocycles. The summed E-state index contributed by atoms with van der Waals surface area (Å²) in [5.74, 6) is 0. The fraction of sp³-hybridized carbons (Fsp3) is 0.300. The summed E-state index contributed by atoms with van der Waals surface area (Å²) in [6, 6.07) is 6.02. The molecule has 3 nitrogen and oxygen atoms in total. The molecule has 13 heavy (non-hydrogen) atoms. The Morgan fingerprint density at radius 2 is 2.15 bits per heavy atom. The van der Waals surface area contributed by atoms with Crippen LogP contribution in [-0.2, 0) is 4.79 Å². The molecule has 1 aromatic rings. The summed E-state index contributed by atoms with van der Waals surface area (Å²) in [7, 11) is 1.86. The zero-order valence-corrected chi connectivity index (χ0v) is 7.92. The summed E-state index contributed by atoms with van der Waals surface area (Å²) < 4.78 is 0. The van der Waals surface area contributed by atoms with Crippen molar-refractivity contribution < 1.29 is 4.79 Å². The van der Waals surface area contributed by atoms with Crippen LogP contribution in [0.15, 0.2) is 18.2 Å². The van der Waals surface area contributed by atoms with E-state index in [1.54, 1.807) is 0 Å². The van der Waals surface area contributed by atoms with Gasteiger partial charge in [-0.15, -0.1) is 0 Å². The highest BCUT2D eigenvalue weighted by atomic mass is 16.1. The third-order valence-corrected chi connectivity index (χ3v) is 1.82. The first kappa shape index (κ1) is 9.58. The number of nitrogens with one attached hydrogen (secondary N) is 2. The van der Waals surface area contributed by atoms with Crippen molar-refractivity contribution in [2.24, 2.45) is 0 Å². The molecule has 1 rings (SSSR count). The molecule has 0 aliphatic rings. The van der Waals surface area contributed by atoms with Crippen LogP contribution in [0.25, 0.3) is 0 Å². The molecule has 3 heteroatoms. The quantitative estimate of drug-likeness (QED) is 0.689. The van der Waals surface area contributed by atoms with E-state index in [1.165, 1.54) is 5.56 Å². The Kier molecular flexibility index (Phi) is 3.31. The molecule has 0 spiro atoms. The number of benzene rings is 1. The van der Waals surface area contributed by atoms with E-state index in [0.29, 0.717) is 6.54 Å². The molecule has 0 radical (unpaired) electrons. The minimum atomic E-state index is 0.345. The Morgan fingerprint density at radius 1 is 1.38 bits per heavy atom. The number of carbonyl (C=O) groups is 1. The summed E-state index contributed by atoms with van der Waals surface area (Å²) >= 11 is 0. The number of hydrogen-bond acceptors (Lipinski definition) is 3. The summed E-state index contributed by atoms with van der Waals surface area (Å²) in [5.41, 5.74) is 3.15. The molecule has 0 aliphatic heterocycles.